The molecule has 3 rings (SSSR count). The van der Waals surface area contributed by atoms with Gasteiger partial charge in [-0.15, -0.1) is 0 Å². The minimum absolute atomic E-state index is 0.131. The molecule has 2 aromatic rings. The van der Waals surface area contributed by atoms with Crippen LogP contribution < -0.4 is 10.1 Å². The molecule has 0 aliphatic carbocycles. The molecule has 0 bridgehead atoms. The molecular formula is C22H24ClNO5. The van der Waals surface area contributed by atoms with Gasteiger partial charge in [-0.3, -0.25) is 4.79 Å². The van der Waals surface area contributed by atoms with Crippen LogP contribution in [0, 0.1) is 0 Å². The highest BCUT2D eigenvalue weighted by Crippen LogP contribution is 2.22. The highest BCUT2D eigenvalue weighted by Gasteiger charge is 2.17. The fourth-order valence-corrected chi connectivity index (χ4v) is 3.35. The summed E-state index contributed by atoms with van der Waals surface area (Å²) in [6, 6.07) is 13.6. The molecule has 0 radical (unpaired) electrons. The van der Waals surface area contributed by atoms with Crippen LogP contribution in [0.25, 0.3) is 0 Å². The van der Waals surface area contributed by atoms with Crippen molar-refractivity contribution < 1.29 is 23.8 Å². The minimum atomic E-state index is -0.573. The summed E-state index contributed by atoms with van der Waals surface area (Å²) in [5.74, 6) is -0.318. The molecule has 0 unspecified atom stereocenters. The first-order chi connectivity index (χ1) is 14.0. The fourth-order valence-electron chi connectivity index (χ4n) is 3.05. The molecule has 1 aliphatic heterocycles. The molecule has 1 aliphatic rings. The van der Waals surface area contributed by atoms with Crippen molar-refractivity contribution in [3.63, 3.8) is 0 Å². The van der Waals surface area contributed by atoms with E-state index in [9.17, 15) is 9.59 Å². The summed E-state index contributed by atoms with van der Waals surface area (Å²) in [6.07, 6.45) is 2.19. The lowest BCUT2D eigenvalue weighted by Gasteiger charge is -2.15. The predicted octanol–water partition coefficient (Wildman–Crippen LogP) is 3.93. The van der Waals surface area contributed by atoms with Gasteiger partial charge in [-0.1, -0.05) is 29.8 Å². The summed E-state index contributed by atoms with van der Waals surface area (Å²) in [7, 11) is 0. The lowest BCUT2D eigenvalue weighted by atomic mass is 10.1. The van der Waals surface area contributed by atoms with Crippen molar-refractivity contribution in [3.05, 3.63) is 64.7 Å². The monoisotopic (exact) mass is 417 g/mol. The molecule has 1 fully saturated rings. The van der Waals surface area contributed by atoms with Gasteiger partial charge in [0.25, 0.3) is 5.91 Å². The van der Waals surface area contributed by atoms with Crippen LogP contribution in [0.3, 0.4) is 0 Å². The van der Waals surface area contributed by atoms with Crippen molar-refractivity contribution in [2.24, 2.45) is 0 Å². The Morgan fingerprint density at radius 1 is 1.21 bits per heavy atom. The van der Waals surface area contributed by atoms with Gasteiger partial charge < -0.3 is 19.5 Å². The second kappa shape index (κ2) is 10.3. The number of esters is 1. The number of halogens is 1. The van der Waals surface area contributed by atoms with E-state index in [1.807, 2.05) is 25.1 Å². The minimum Gasteiger partial charge on any atom is -0.491 e. The highest BCUT2D eigenvalue weighted by molar-refractivity contribution is 6.31. The molecule has 1 saturated heterocycles. The molecule has 2 aromatic carbocycles. The van der Waals surface area contributed by atoms with Gasteiger partial charge in [-0.2, -0.15) is 0 Å². The number of ether oxygens (including phenoxy) is 3. The van der Waals surface area contributed by atoms with Crippen molar-refractivity contribution >= 4 is 23.5 Å². The fraction of sp³-hybridized carbons (Fsp3) is 0.364. The molecule has 6 nitrogen and oxygen atoms in total. The molecule has 0 saturated carbocycles. The Morgan fingerprint density at radius 2 is 1.97 bits per heavy atom. The van der Waals surface area contributed by atoms with Crippen LogP contribution in [0.5, 0.6) is 5.75 Å². The van der Waals surface area contributed by atoms with Crippen molar-refractivity contribution in [1.29, 1.82) is 0 Å². The second-order valence-corrected chi connectivity index (χ2v) is 7.26. The van der Waals surface area contributed by atoms with E-state index in [1.165, 1.54) is 0 Å². The summed E-state index contributed by atoms with van der Waals surface area (Å²) in [6.45, 7) is 2.72. The number of hydrogen-bond acceptors (Lipinski definition) is 5. The quantitative estimate of drug-likeness (QED) is 0.659. The Bertz CT molecular complexity index is 833. The summed E-state index contributed by atoms with van der Waals surface area (Å²) in [5.41, 5.74) is 1.15. The van der Waals surface area contributed by atoms with Crippen LogP contribution in [-0.4, -0.2) is 37.8 Å². The summed E-state index contributed by atoms with van der Waals surface area (Å²) >= 11 is 6.13. The number of nitrogens with one attached hydrogen (secondary N) is 1. The molecule has 1 N–H and O–H groups in total. The SMILES string of the molecule is C[C@@H](NC(=O)COC(=O)c1ccc(OC[C@@H]2CCCO2)cc1)c1ccccc1Cl. The average molecular weight is 418 g/mol. The Labute approximate surface area is 175 Å². The Hall–Kier alpha value is -2.57. The van der Waals surface area contributed by atoms with E-state index in [1.54, 1.807) is 30.3 Å². The van der Waals surface area contributed by atoms with E-state index in [2.05, 4.69) is 5.32 Å². The number of amides is 1. The lowest BCUT2D eigenvalue weighted by Crippen LogP contribution is -2.31. The van der Waals surface area contributed by atoms with Gasteiger partial charge in [0.15, 0.2) is 6.61 Å². The number of benzene rings is 2. The van der Waals surface area contributed by atoms with Gasteiger partial charge in [-0.05, 0) is 55.7 Å². The first-order valence-corrected chi connectivity index (χ1v) is 9.96. The Kier molecular flexibility index (Phi) is 7.49. The molecule has 7 heteroatoms. The zero-order valence-electron chi connectivity index (χ0n) is 16.2. The molecule has 29 heavy (non-hydrogen) atoms. The van der Waals surface area contributed by atoms with Crippen LogP contribution in [0.15, 0.2) is 48.5 Å². The normalized spacial score (nSPS) is 16.8. The van der Waals surface area contributed by atoms with Crippen LogP contribution in [0.2, 0.25) is 5.02 Å². The number of hydrogen-bond donors (Lipinski definition) is 1. The van der Waals surface area contributed by atoms with E-state index in [0.717, 1.165) is 25.0 Å². The molecule has 0 spiro atoms. The molecule has 1 heterocycles. The Balaban J connectivity index is 1.43. The lowest BCUT2D eigenvalue weighted by molar-refractivity contribution is -0.124. The first-order valence-electron chi connectivity index (χ1n) is 9.58. The van der Waals surface area contributed by atoms with Crippen LogP contribution in [-0.2, 0) is 14.3 Å². The summed E-state index contributed by atoms with van der Waals surface area (Å²) in [5, 5.41) is 3.33. The molecular weight excluding hydrogens is 394 g/mol. The maximum absolute atomic E-state index is 12.2. The average Bonchev–Trinajstić information content (AvgIpc) is 3.25. The number of carbonyl (C=O) groups excluding carboxylic acids is 2. The van der Waals surface area contributed by atoms with Crippen molar-refractivity contribution in [3.8, 4) is 5.75 Å². The smallest absolute Gasteiger partial charge is 0.338 e. The molecule has 154 valence electrons. The standard InChI is InChI=1S/C22H24ClNO5/c1-15(19-6-2-3-7-20(19)23)24-21(25)14-29-22(26)16-8-10-17(11-9-16)28-13-18-5-4-12-27-18/h2-3,6-11,15,18H,4-5,12-14H2,1H3,(H,24,25)/t15-,18+/m1/s1. The second-order valence-electron chi connectivity index (χ2n) is 6.86. The van der Waals surface area contributed by atoms with Gasteiger partial charge in [0.2, 0.25) is 0 Å². The number of rotatable bonds is 8. The first kappa shape index (κ1) is 21.1. The summed E-state index contributed by atoms with van der Waals surface area (Å²) in [4.78, 5) is 24.2. The number of carbonyl (C=O) groups is 2. The maximum Gasteiger partial charge on any atom is 0.338 e. The highest BCUT2D eigenvalue weighted by atomic mass is 35.5. The van der Waals surface area contributed by atoms with Crippen molar-refractivity contribution in [1.82, 2.24) is 5.32 Å². The van der Waals surface area contributed by atoms with E-state index in [4.69, 9.17) is 25.8 Å². The topological polar surface area (TPSA) is 73.9 Å². The van der Waals surface area contributed by atoms with Gasteiger partial charge in [-0.25, -0.2) is 4.79 Å². The van der Waals surface area contributed by atoms with Crippen LogP contribution in [0.4, 0.5) is 0 Å². The van der Waals surface area contributed by atoms with Gasteiger partial charge >= 0.3 is 5.97 Å². The third-order valence-electron chi connectivity index (χ3n) is 4.63. The van der Waals surface area contributed by atoms with E-state index in [0.29, 0.717) is 22.9 Å². The van der Waals surface area contributed by atoms with Crippen LogP contribution >= 0.6 is 11.6 Å². The van der Waals surface area contributed by atoms with Crippen LogP contribution in [0.1, 0.15) is 41.7 Å². The molecule has 0 aromatic heterocycles. The van der Waals surface area contributed by atoms with E-state index < -0.39 is 11.9 Å². The third kappa shape index (κ3) is 6.21. The molecule has 1 amide bonds. The summed E-state index contributed by atoms with van der Waals surface area (Å²) < 4.78 is 16.3. The van der Waals surface area contributed by atoms with Crippen molar-refractivity contribution in [2.75, 3.05) is 19.8 Å². The van der Waals surface area contributed by atoms with E-state index in [-0.39, 0.29) is 18.8 Å². The zero-order valence-corrected chi connectivity index (χ0v) is 17.0. The van der Waals surface area contributed by atoms with Gasteiger partial charge in [0.1, 0.15) is 12.4 Å². The van der Waals surface area contributed by atoms with E-state index >= 15 is 0 Å². The Morgan fingerprint density at radius 3 is 2.66 bits per heavy atom. The predicted molar refractivity (Wildman–Crippen MR) is 109 cm³/mol. The van der Waals surface area contributed by atoms with Crippen molar-refractivity contribution in [2.45, 2.75) is 31.9 Å². The van der Waals surface area contributed by atoms with Gasteiger partial charge in [0.05, 0.1) is 17.7 Å². The van der Waals surface area contributed by atoms with Gasteiger partial charge in [0, 0.05) is 11.6 Å². The largest absolute Gasteiger partial charge is 0.491 e. The molecule has 2 atom stereocenters. The maximum atomic E-state index is 12.2. The third-order valence-corrected chi connectivity index (χ3v) is 4.98. The zero-order chi connectivity index (χ0) is 20.6.